The van der Waals surface area contributed by atoms with Gasteiger partial charge in [0.15, 0.2) is 15.9 Å². The van der Waals surface area contributed by atoms with Gasteiger partial charge < -0.3 is 9.47 Å². The van der Waals surface area contributed by atoms with E-state index >= 15 is 0 Å². The van der Waals surface area contributed by atoms with Crippen molar-refractivity contribution in [3.63, 3.8) is 0 Å². The summed E-state index contributed by atoms with van der Waals surface area (Å²) in [5.41, 5.74) is -0.454. The summed E-state index contributed by atoms with van der Waals surface area (Å²) in [6.45, 7) is 9.61. The molecule has 3 atom stereocenters. The molecule has 20 heavy (non-hydrogen) atoms. The molecule has 1 aliphatic heterocycles. The summed E-state index contributed by atoms with van der Waals surface area (Å²) < 4.78 is 10.9. The van der Waals surface area contributed by atoms with E-state index in [2.05, 4.69) is 20.8 Å². The number of fused-ring (bicyclic) bond motifs is 1. The number of ketones is 1. The molecule has 2 aliphatic carbocycles. The van der Waals surface area contributed by atoms with Gasteiger partial charge in [-0.2, -0.15) is 0 Å². The van der Waals surface area contributed by atoms with E-state index in [1.807, 2.05) is 6.92 Å². The number of carbonyl (C=O) groups is 1. The highest BCUT2D eigenvalue weighted by Crippen LogP contribution is 2.69. The second-order valence-corrected chi connectivity index (χ2v) is 8.92. The molecule has 2 saturated carbocycles. The topological polar surface area (TPSA) is 35.5 Å². The van der Waals surface area contributed by atoms with Crippen LogP contribution in [0.3, 0.4) is 0 Å². The Balaban J connectivity index is 1.90. The Morgan fingerprint density at radius 2 is 1.70 bits per heavy atom. The average molecular weight is 321 g/mol. The molecule has 0 N–H and O–H groups in total. The van der Waals surface area contributed by atoms with Gasteiger partial charge in [0, 0.05) is 29.1 Å². The third-order valence-electron chi connectivity index (χ3n) is 5.78. The second kappa shape index (κ2) is 4.13. The first-order valence-corrected chi connectivity index (χ1v) is 8.02. The van der Waals surface area contributed by atoms with Crippen molar-refractivity contribution < 1.29 is 14.3 Å². The van der Waals surface area contributed by atoms with Gasteiger partial charge in [-0.3, -0.25) is 4.79 Å². The smallest absolute Gasteiger partial charge is 0.182 e. The predicted molar refractivity (Wildman–Crippen MR) is 77.9 cm³/mol. The minimum absolute atomic E-state index is 0.0162. The minimum Gasteiger partial charge on any atom is -0.349 e. The van der Waals surface area contributed by atoms with Gasteiger partial charge in [-0.05, 0) is 6.42 Å². The summed E-state index contributed by atoms with van der Waals surface area (Å²) in [7, 11) is 0. The summed E-state index contributed by atoms with van der Waals surface area (Å²) in [4.78, 5) is 12.1. The highest BCUT2D eigenvalue weighted by atomic mass is 35.5. The first-order chi connectivity index (χ1) is 9.07. The van der Waals surface area contributed by atoms with Crippen molar-refractivity contribution in [2.45, 2.75) is 50.7 Å². The standard InChI is InChI=1S/C15H22Cl2O3/c1-9-13(4)10(11(18)15(13,16)17)5-6-14(9)19-7-12(2,3)8-20-14/h9-10H,5-8H2,1-4H3/t9-,10-,13-/m1/s1. The monoisotopic (exact) mass is 320 g/mol. The van der Waals surface area contributed by atoms with E-state index in [0.717, 1.165) is 12.8 Å². The summed E-state index contributed by atoms with van der Waals surface area (Å²) in [6.07, 6.45) is 1.47. The molecule has 5 heteroatoms. The highest BCUT2D eigenvalue weighted by molar-refractivity contribution is 6.61. The van der Waals surface area contributed by atoms with Crippen molar-refractivity contribution in [1.29, 1.82) is 0 Å². The van der Waals surface area contributed by atoms with Crippen molar-refractivity contribution in [3.05, 3.63) is 0 Å². The zero-order chi connectivity index (χ0) is 15.0. The molecule has 0 aromatic rings. The summed E-state index contributed by atoms with van der Waals surface area (Å²) >= 11 is 12.7. The van der Waals surface area contributed by atoms with Crippen molar-refractivity contribution in [3.8, 4) is 0 Å². The van der Waals surface area contributed by atoms with Crippen LogP contribution in [-0.4, -0.2) is 29.1 Å². The fraction of sp³-hybridized carbons (Fsp3) is 0.933. The molecule has 3 rings (SSSR count). The van der Waals surface area contributed by atoms with E-state index in [1.165, 1.54) is 0 Å². The second-order valence-electron chi connectivity index (χ2n) is 7.59. The van der Waals surface area contributed by atoms with Crippen LogP contribution in [0.2, 0.25) is 0 Å². The lowest BCUT2D eigenvalue weighted by atomic mass is 9.47. The van der Waals surface area contributed by atoms with Crippen LogP contribution in [0.1, 0.15) is 40.5 Å². The Hall–Kier alpha value is 0.170. The van der Waals surface area contributed by atoms with Crippen LogP contribution in [0.4, 0.5) is 0 Å². The molecular formula is C15H22Cl2O3. The van der Waals surface area contributed by atoms with Gasteiger partial charge >= 0.3 is 0 Å². The molecule has 1 spiro atoms. The third kappa shape index (κ3) is 1.64. The molecule has 0 aromatic carbocycles. The Morgan fingerprint density at radius 3 is 2.25 bits per heavy atom. The van der Waals surface area contributed by atoms with Gasteiger partial charge in [0.25, 0.3) is 0 Å². The molecule has 3 aliphatic rings. The van der Waals surface area contributed by atoms with E-state index in [1.54, 1.807) is 0 Å². The van der Waals surface area contributed by atoms with E-state index in [4.69, 9.17) is 32.7 Å². The third-order valence-corrected chi connectivity index (χ3v) is 6.97. The van der Waals surface area contributed by atoms with Crippen molar-refractivity contribution in [2.24, 2.45) is 22.7 Å². The van der Waals surface area contributed by atoms with Gasteiger partial charge in [0.05, 0.1) is 13.2 Å². The maximum atomic E-state index is 12.1. The quantitative estimate of drug-likeness (QED) is 0.640. The Kier molecular flexibility index (Phi) is 3.11. The minimum atomic E-state index is -1.32. The van der Waals surface area contributed by atoms with E-state index in [-0.39, 0.29) is 23.0 Å². The molecule has 3 fully saturated rings. The van der Waals surface area contributed by atoms with Crippen molar-refractivity contribution in [2.75, 3.05) is 13.2 Å². The maximum absolute atomic E-state index is 12.1. The fourth-order valence-corrected chi connectivity index (χ4v) is 4.89. The number of Topliss-reactive ketones (excluding diaryl/α,β-unsaturated/α-hetero) is 1. The molecule has 0 aromatic heterocycles. The van der Waals surface area contributed by atoms with Crippen molar-refractivity contribution >= 4 is 29.0 Å². The van der Waals surface area contributed by atoms with Gasteiger partial charge in [-0.15, -0.1) is 0 Å². The molecule has 1 heterocycles. The highest BCUT2D eigenvalue weighted by Gasteiger charge is 2.75. The first-order valence-electron chi connectivity index (χ1n) is 7.27. The van der Waals surface area contributed by atoms with Gasteiger partial charge in [-0.25, -0.2) is 0 Å². The maximum Gasteiger partial charge on any atom is 0.182 e. The number of halogens is 2. The Morgan fingerprint density at radius 1 is 1.15 bits per heavy atom. The van der Waals surface area contributed by atoms with Crippen molar-refractivity contribution in [1.82, 2.24) is 0 Å². The zero-order valence-corrected chi connectivity index (χ0v) is 14.0. The van der Waals surface area contributed by atoms with E-state index < -0.39 is 15.5 Å². The lowest BCUT2D eigenvalue weighted by Gasteiger charge is -2.65. The number of hydrogen-bond donors (Lipinski definition) is 0. The SMILES string of the molecule is C[C@H]1C2(CC[C@@H]3C(=O)C(Cl)(Cl)[C@@]31C)OCC(C)(C)CO2. The molecule has 114 valence electrons. The number of rotatable bonds is 0. The molecular weight excluding hydrogens is 299 g/mol. The molecule has 0 bridgehead atoms. The van der Waals surface area contributed by atoms with Crippen LogP contribution in [0, 0.1) is 22.7 Å². The normalized spacial score (nSPS) is 44.8. The number of carbonyl (C=O) groups excluding carboxylic acids is 1. The molecule has 0 unspecified atom stereocenters. The van der Waals surface area contributed by atoms with Gasteiger partial charge in [0.2, 0.25) is 0 Å². The predicted octanol–water partition coefficient (Wildman–Crippen LogP) is 3.56. The van der Waals surface area contributed by atoms with Crippen LogP contribution < -0.4 is 0 Å². The fourth-order valence-electron chi connectivity index (χ4n) is 4.03. The van der Waals surface area contributed by atoms with Crippen LogP contribution in [0.25, 0.3) is 0 Å². The van der Waals surface area contributed by atoms with Crippen LogP contribution in [0.5, 0.6) is 0 Å². The number of alkyl halides is 2. The zero-order valence-electron chi connectivity index (χ0n) is 12.5. The Labute approximate surface area is 130 Å². The lowest BCUT2D eigenvalue weighted by molar-refractivity contribution is -0.354. The van der Waals surface area contributed by atoms with E-state index in [9.17, 15) is 4.79 Å². The average Bonchev–Trinajstić information content (AvgIpc) is 2.38. The number of hydrogen-bond acceptors (Lipinski definition) is 3. The molecule has 3 nitrogen and oxygen atoms in total. The Bertz CT molecular complexity index is 450. The molecule has 1 saturated heterocycles. The molecule has 0 radical (unpaired) electrons. The van der Waals surface area contributed by atoms with E-state index in [0.29, 0.717) is 13.2 Å². The van der Waals surface area contributed by atoms with Gasteiger partial charge in [0.1, 0.15) is 0 Å². The van der Waals surface area contributed by atoms with Gasteiger partial charge in [-0.1, -0.05) is 50.9 Å². The lowest BCUT2D eigenvalue weighted by Crippen LogP contribution is -2.74. The largest absolute Gasteiger partial charge is 0.349 e. The summed E-state index contributed by atoms with van der Waals surface area (Å²) in [5, 5.41) is 0. The summed E-state index contributed by atoms with van der Waals surface area (Å²) in [5.74, 6) is -0.768. The first kappa shape index (κ1) is 15.1. The van der Waals surface area contributed by atoms with Crippen LogP contribution in [0.15, 0.2) is 0 Å². The summed E-state index contributed by atoms with van der Waals surface area (Å²) in [6, 6.07) is 0. The van der Waals surface area contributed by atoms with Crippen LogP contribution in [-0.2, 0) is 14.3 Å². The van der Waals surface area contributed by atoms with Crippen LogP contribution >= 0.6 is 23.2 Å². The number of ether oxygens (including phenoxy) is 2. The molecule has 0 amide bonds.